The summed E-state index contributed by atoms with van der Waals surface area (Å²) in [7, 11) is 1.78. The zero-order valence-electron chi connectivity index (χ0n) is 11.3. The standard InChI is InChI=1S/C13H17N5O/c1-4-18(3)13(19)9(2)16-11-6-5-10-12(17-11)15-8-7-14-10/h5-9H,4H2,1-3H3,(H,15,16,17). The van der Waals surface area contributed by atoms with Crippen molar-refractivity contribution in [3.8, 4) is 0 Å². The highest BCUT2D eigenvalue weighted by Crippen LogP contribution is 2.11. The van der Waals surface area contributed by atoms with Crippen LogP contribution < -0.4 is 5.32 Å². The van der Waals surface area contributed by atoms with Crippen molar-refractivity contribution in [2.24, 2.45) is 0 Å². The maximum absolute atomic E-state index is 11.9. The number of hydrogen-bond donors (Lipinski definition) is 1. The van der Waals surface area contributed by atoms with Crippen LogP contribution in [-0.2, 0) is 4.79 Å². The molecule has 6 heteroatoms. The smallest absolute Gasteiger partial charge is 0.244 e. The minimum absolute atomic E-state index is 0.0311. The van der Waals surface area contributed by atoms with Gasteiger partial charge in [0.05, 0.1) is 0 Å². The molecule has 1 atom stereocenters. The number of rotatable bonds is 4. The Kier molecular flexibility index (Phi) is 3.89. The summed E-state index contributed by atoms with van der Waals surface area (Å²) in [4.78, 5) is 26.2. The van der Waals surface area contributed by atoms with Crippen molar-refractivity contribution in [2.45, 2.75) is 19.9 Å². The lowest BCUT2D eigenvalue weighted by Gasteiger charge is -2.20. The van der Waals surface area contributed by atoms with Crippen LogP contribution in [0.1, 0.15) is 13.8 Å². The van der Waals surface area contributed by atoms with E-state index in [1.807, 2.05) is 19.9 Å². The number of fused-ring (bicyclic) bond motifs is 1. The molecule has 19 heavy (non-hydrogen) atoms. The van der Waals surface area contributed by atoms with E-state index < -0.39 is 0 Å². The van der Waals surface area contributed by atoms with Crippen LogP contribution in [0.4, 0.5) is 5.82 Å². The van der Waals surface area contributed by atoms with Gasteiger partial charge < -0.3 is 10.2 Å². The minimum Gasteiger partial charge on any atom is -0.359 e. The lowest BCUT2D eigenvalue weighted by atomic mass is 10.3. The van der Waals surface area contributed by atoms with E-state index in [0.29, 0.717) is 18.0 Å². The highest BCUT2D eigenvalue weighted by atomic mass is 16.2. The Morgan fingerprint density at radius 3 is 2.84 bits per heavy atom. The number of carbonyl (C=O) groups excluding carboxylic acids is 1. The lowest BCUT2D eigenvalue weighted by Crippen LogP contribution is -2.39. The van der Waals surface area contributed by atoms with Crippen LogP contribution in [0.2, 0.25) is 0 Å². The van der Waals surface area contributed by atoms with Crippen molar-refractivity contribution < 1.29 is 4.79 Å². The van der Waals surface area contributed by atoms with E-state index in [9.17, 15) is 4.79 Å². The molecular formula is C13H17N5O. The summed E-state index contributed by atoms with van der Waals surface area (Å²) in [6, 6.07) is 3.30. The van der Waals surface area contributed by atoms with Crippen LogP contribution in [0.15, 0.2) is 24.5 Å². The lowest BCUT2D eigenvalue weighted by molar-refractivity contribution is -0.130. The molecular weight excluding hydrogens is 242 g/mol. The second-order valence-corrected chi connectivity index (χ2v) is 4.31. The van der Waals surface area contributed by atoms with Gasteiger partial charge in [0, 0.05) is 26.0 Å². The molecule has 0 spiro atoms. The Balaban J connectivity index is 2.15. The number of amides is 1. The van der Waals surface area contributed by atoms with Gasteiger partial charge in [-0.05, 0) is 26.0 Å². The van der Waals surface area contributed by atoms with Crippen molar-refractivity contribution in [3.63, 3.8) is 0 Å². The third-order valence-corrected chi connectivity index (χ3v) is 2.92. The van der Waals surface area contributed by atoms with Gasteiger partial charge in [0.15, 0.2) is 5.65 Å². The van der Waals surface area contributed by atoms with Crippen LogP contribution in [0.5, 0.6) is 0 Å². The van der Waals surface area contributed by atoms with Crippen LogP contribution in [-0.4, -0.2) is 45.4 Å². The predicted octanol–water partition coefficient (Wildman–Crippen LogP) is 1.30. The minimum atomic E-state index is -0.327. The maximum Gasteiger partial charge on any atom is 0.244 e. The zero-order valence-corrected chi connectivity index (χ0v) is 11.3. The van der Waals surface area contributed by atoms with Gasteiger partial charge in [-0.25, -0.2) is 9.97 Å². The molecule has 2 aromatic heterocycles. The summed E-state index contributed by atoms with van der Waals surface area (Å²) in [5.74, 6) is 0.655. The van der Waals surface area contributed by atoms with Gasteiger partial charge in [0.25, 0.3) is 0 Å². The highest BCUT2D eigenvalue weighted by molar-refractivity contribution is 5.84. The summed E-state index contributed by atoms with van der Waals surface area (Å²) >= 11 is 0. The molecule has 0 saturated carbocycles. The van der Waals surface area contributed by atoms with Gasteiger partial charge in [-0.3, -0.25) is 9.78 Å². The van der Waals surface area contributed by atoms with E-state index in [2.05, 4.69) is 20.3 Å². The molecule has 0 bridgehead atoms. The number of carbonyl (C=O) groups is 1. The topological polar surface area (TPSA) is 71.0 Å². The normalized spacial score (nSPS) is 12.2. The Hall–Kier alpha value is -2.24. The average molecular weight is 259 g/mol. The first-order valence-corrected chi connectivity index (χ1v) is 6.21. The number of hydrogen-bond acceptors (Lipinski definition) is 5. The molecule has 100 valence electrons. The van der Waals surface area contributed by atoms with Crippen molar-refractivity contribution >= 4 is 22.9 Å². The maximum atomic E-state index is 11.9. The van der Waals surface area contributed by atoms with Crippen LogP contribution in [0, 0.1) is 0 Å². The Labute approximate surface area is 111 Å². The first-order chi connectivity index (χ1) is 9.11. The molecule has 2 heterocycles. The molecule has 0 aliphatic carbocycles. The molecule has 1 N–H and O–H groups in total. The van der Waals surface area contributed by atoms with Gasteiger partial charge in [-0.2, -0.15) is 0 Å². The third kappa shape index (κ3) is 2.96. The van der Waals surface area contributed by atoms with E-state index in [-0.39, 0.29) is 11.9 Å². The molecule has 2 rings (SSSR count). The summed E-state index contributed by atoms with van der Waals surface area (Å²) < 4.78 is 0. The molecule has 0 saturated heterocycles. The summed E-state index contributed by atoms with van der Waals surface area (Å²) in [6.45, 7) is 4.44. The Morgan fingerprint density at radius 1 is 1.37 bits per heavy atom. The third-order valence-electron chi connectivity index (χ3n) is 2.92. The zero-order chi connectivity index (χ0) is 13.8. The predicted molar refractivity (Wildman–Crippen MR) is 73.7 cm³/mol. The number of anilines is 1. The van der Waals surface area contributed by atoms with E-state index in [4.69, 9.17) is 0 Å². The second kappa shape index (κ2) is 5.60. The number of nitrogens with one attached hydrogen (secondary N) is 1. The van der Waals surface area contributed by atoms with Crippen LogP contribution >= 0.6 is 0 Å². The summed E-state index contributed by atoms with van der Waals surface area (Å²) in [5.41, 5.74) is 1.30. The first-order valence-electron chi connectivity index (χ1n) is 6.21. The monoisotopic (exact) mass is 259 g/mol. The number of nitrogens with zero attached hydrogens (tertiary/aromatic N) is 4. The number of likely N-dealkylation sites (N-methyl/N-ethyl adjacent to an activating group) is 1. The van der Waals surface area contributed by atoms with Crippen LogP contribution in [0.25, 0.3) is 11.2 Å². The van der Waals surface area contributed by atoms with Crippen molar-refractivity contribution in [3.05, 3.63) is 24.5 Å². The van der Waals surface area contributed by atoms with Gasteiger partial charge in [0.1, 0.15) is 17.4 Å². The molecule has 6 nitrogen and oxygen atoms in total. The van der Waals surface area contributed by atoms with Gasteiger partial charge in [-0.15, -0.1) is 0 Å². The molecule has 0 aliphatic heterocycles. The fraction of sp³-hybridized carbons (Fsp3) is 0.385. The number of aromatic nitrogens is 3. The SMILES string of the molecule is CCN(C)C(=O)C(C)Nc1ccc2nccnc2n1. The fourth-order valence-corrected chi connectivity index (χ4v) is 1.70. The van der Waals surface area contributed by atoms with E-state index >= 15 is 0 Å². The van der Waals surface area contributed by atoms with Crippen molar-refractivity contribution in [1.29, 1.82) is 0 Å². The van der Waals surface area contributed by atoms with Crippen molar-refractivity contribution in [2.75, 3.05) is 18.9 Å². The Bertz CT molecular complexity index is 586. The van der Waals surface area contributed by atoms with Gasteiger partial charge in [0.2, 0.25) is 5.91 Å². The number of pyridine rings is 1. The van der Waals surface area contributed by atoms with Gasteiger partial charge >= 0.3 is 0 Å². The molecule has 0 aliphatic rings. The largest absolute Gasteiger partial charge is 0.359 e. The van der Waals surface area contributed by atoms with E-state index in [1.54, 1.807) is 30.4 Å². The molecule has 1 amide bonds. The van der Waals surface area contributed by atoms with Crippen LogP contribution in [0.3, 0.4) is 0 Å². The van der Waals surface area contributed by atoms with Gasteiger partial charge in [-0.1, -0.05) is 0 Å². The summed E-state index contributed by atoms with van der Waals surface area (Å²) in [5, 5.41) is 3.08. The quantitative estimate of drug-likeness (QED) is 0.896. The molecule has 2 aromatic rings. The molecule has 0 fully saturated rings. The summed E-state index contributed by atoms with van der Waals surface area (Å²) in [6.07, 6.45) is 3.22. The first kappa shape index (κ1) is 13.2. The Morgan fingerprint density at radius 2 is 2.11 bits per heavy atom. The molecule has 1 unspecified atom stereocenters. The van der Waals surface area contributed by atoms with E-state index in [1.165, 1.54) is 0 Å². The van der Waals surface area contributed by atoms with E-state index in [0.717, 1.165) is 5.52 Å². The average Bonchev–Trinajstić information content (AvgIpc) is 2.45. The highest BCUT2D eigenvalue weighted by Gasteiger charge is 2.16. The molecule has 0 radical (unpaired) electrons. The van der Waals surface area contributed by atoms with Crippen molar-refractivity contribution in [1.82, 2.24) is 19.9 Å². The second-order valence-electron chi connectivity index (χ2n) is 4.31. The molecule has 0 aromatic carbocycles. The fourth-order valence-electron chi connectivity index (χ4n) is 1.70.